The van der Waals surface area contributed by atoms with Gasteiger partial charge in [0.15, 0.2) is 0 Å². The van der Waals surface area contributed by atoms with Crippen LogP contribution < -0.4 is 9.47 Å². The van der Waals surface area contributed by atoms with E-state index in [-0.39, 0.29) is 11.9 Å². The molecule has 0 radical (unpaired) electrons. The molecule has 1 aromatic carbocycles. The Kier molecular flexibility index (Phi) is 4.72. The van der Waals surface area contributed by atoms with Crippen LogP contribution in [0.1, 0.15) is 35.6 Å². The minimum Gasteiger partial charge on any atom is -0.496 e. The predicted molar refractivity (Wildman–Crippen MR) is 93.8 cm³/mol. The Morgan fingerprint density at radius 1 is 1.04 bits per heavy atom. The van der Waals surface area contributed by atoms with E-state index in [1.807, 2.05) is 4.90 Å². The highest BCUT2D eigenvalue weighted by molar-refractivity contribution is 5.84. The first kappa shape index (κ1) is 17.1. The second-order valence-corrected chi connectivity index (χ2v) is 6.79. The van der Waals surface area contributed by atoms with Crippen LogP contribution in [0.5, 0.6) is 11.5 Å². The summed E-state index contributed by atoms with van der Waals surface area (Å²) in [5.74, 6) is 2.13. The van der Waals surface area contributed by atoms with Crippen LogP contribution in [0.4, 0.5) is 0 Å². The SMILES string of the molecule is CCCN1CCN2Cc3c(c(OC)c(C)c(C)c3OC)CC2C1=O. The highest BCUT2D eigenvalue weighted by Crippen LogP contribution is 2.42. The van der Waals surface area contributed by atoms with Crippen molar-refractivity contribution in [1.82, 2.24) is 9.80 Å². The van der Waals surface area contributed by atoms with Gasteiger partial charge in [-0.25, -0.2) is 0 Å². The predicted octanol–water partition coefficient (Wildman–Crippen LogP) is 2.30. The Morgan fingerprint density at radius 3 is 2.25 bits per heavy atom. The van der Waals surface area contributed by atoms with Gasteiger partial charge in [-0.1, -0.05) is 6.92 Å². The minimum atomic E-state index is -0.0708. The van der Waals surface area contributed by atoms with Crippen LogP contribution in [0, 0.1) is 13.8 Å². The number of ether oxygens (including phenoxy) is 2. The third-order valence-corrected chi connectivity index (χ3v) is 5.51. The summed E-state index contributed by atoms with van der Waals surface area (Å²) in [6.07, 6.45) is 1.71. The molecule has 1 amide bonds. The Morgan fingerprint density at radius 2 is 1.67 bits per heavy atom. The molecule has 2 aliphatic rings. The zero-order valence-corrected chi connectivity index (χ0v) is 15.4. The number of carbonyl (C=O) groups is 1. The summed E-state index contributed by atoms with van der Waals surface area (Å²) in [6, 6.07) is -0.0708. The first-order valence-electron chi connectivity index (χ1n) is 8.79. The van der Waals surface area contributed by atoms with Gasteiger partial charge >= 0.3 is 0 Å². The van der Waals surface area contributed by atoms with Gasteiger partial charge in [0.25, 0.3) is 0 Å². The van der Waals surface area contributed by atoms with E-state index in [1.165, 1.54) is 5.56 Å². The highest BCUT2D eigenvalue weighted by Gasteiger charge is 2.40. The molecule has 0 spiro atoms. The fourth-order valence-corrected chi connectivity index (χ4v) is 4.18. The molecule has 5 heteroatoms. The lowest BCUT2D eigenvalue weighted by Crippen LogP contribution is -2.59. The fraction of sp³-hybridized carbons (Fsp3) is 0.632. The second-order valence-electron chi connectivity index (χ2n) is 6.79. The minimum absolute atomic E-state index is 0.0708. The maximum Gasteiger partial charge on any atom is 0.240 e. The number of nitrogens with zero attached hydrogens (tertiary/aromatic N) is 2. The van der Waals surface area contributed by atoms with Crippen molar-refractivity contribution in [2.24, 2.45) is 0 Å². The Hall–Kier alpha value is -1.75. The van der Waals surface area contributed by atoms with E-state index in [0.29, 0.717) is 6.42 Å². The molecule has 24 heavy (non-hydrogen) atoms. The Bertz CT molecular complexity index is 657. The first-order chi connectivity index (χ1) is 11.5. The quantitative estimate of drug-likeness (QED) is 0.848. The topological polar surface area (TPSA) is 42.0 Å². The van der Waals surface area contributed by atoms with Crippen molar-refractivity contribution in [2.75, 3.05) is 33.9 Å². The normalized spacial score (nSPS) is 20.6. The van der Waals surface area contributed by atoms with Crippen molar-refractivity contribution < 1.29 is 14.3 Å². The van der Waals surface area contributed by atoms with Crippen molar-refractivity contribution in [3.63, 3.8) is 0 Å². The molecule has 1 unspecified atom stereocenters. The van der Waals surface area contributed by atoms with Crippen LogP contribution in [0.15, 0.2) is 0 Å². The number of amides is 1. The molecular weight excluding hydrogens is 304 g/mol. The van der Waals surface area contributed by atoms with E-state index in [0.717, 1.165) is 60.8 Å². The number of carbonyl (C=O) groups excluding carboxylic acids is 1. The Labute approximate surface area is 144 Å². The number of rotatable bonds is 4. The molecule has 1 atom stereocenters. The zero-order chi connectivity index (χ0) is 17.4. The summed E-state index contributed by atoms with van der Waals surface area (Å²) in [7, 11) is 3.44. The molecular formula is C19H28N2O3. The molecule has 0 aromatic heterocycles. The van der Waals surface area contributed by atoms with Crippen LogP contribution in [0.3, 0.4) is 0 Å². The van der Waals surface area contributed by atoms with E-state index < -0.39 is 0 Å². The average Bonchev–Trinajstić information content (AvgIpc) is 2.58. The number of piperazine rings is 1. The largest absolute Gasteiger partial charge is 0.496 e. The van der Waals surface area contributed by atoms with Gasteiger partial charge in [-0.3, -0.25) is 9.69 Å². The molecule has 2 heterocycles. The van der Waals surface area contributed by atoms with Gasteiger partial charge in [0.1, 0.15) is 11.5 Å². The molecule has 1 aromatic rings. The molecule has 3 rings (SSSR count). The molecule has 5 nitrogen and oxygen atoms in total. The van der Waals surface area contributed by atoms with E-state index >= 15 is 0 Å². The summed E-state index contributed by atoms with van der Waals surface area (Å²) < 4.78 is 11.4. The maximum atomic E-state index is 12.9. The first-order valence-corrected chi connectivity index (χ1v) is 8.79. The average molecular weight is 332 g/mol. The summed E-state index contributed by atoms with van der Waals surface area (Å²) in [5.41, 5.74) is 4.56. The van der Waals surface area contributed by atoms with Gasteiger partial charge in [-0.2, -0.15) is 0 Å². The number of benzene rings is 1. The summed E-state index contributed by atoms with van der Waals surface area (Å²) in [6.45, 7) is 9.62. The zero-order valence-electron chi connectivity index (χ0n) is 15.4. The monoisotopic (exact) mass is 332 g/mol. The van der Waals surface area contributed by atoms with Gasteiger partial charge in [-0.05, 0) is 31.4 Å². The van der Waals surface area contributed by atoms with Crippen LogP contribution >= 0.6 is 0 Å². The van der Waals surface area contributed by atoms with Gasteiger partial charge < -0.3 is 14.4 Å². The smallest absolute Gasteiger partial charge is 0.240 e. The van der Waals surface area contributed by atoms with E-state index in [2.05, 4.69) is 25.7 Å². The van der Waals surface area contributed by atoms with Gasteiger partial charge in [0.2, 0.25) is 5.91 Å². The van der Waals surface area contributed by atoms with Crippen LogP contribution in [0.2, 0.25) is 0 Å². The molecule has 1 fully saturated rings. The van der Waals surface area contributed by atoms with Crippen molar-refractivity contribution in [1.29, 1.82) is 0 Å². The lowest BCUT2D eigenvalue weighted by Gasteiger charge is -2.44. The number of hydrogen-bond acceptors (Lipinski definition) is 4. The van der Waals surface area contributed by atoms with Crippen LogP contribution in [-0.4, -0.2) is 55.6 Å². The van der Waals surface area contributed by atoms with Crippen LogP contribution in [-0.2, 0) is 17.8 Å². The lowest BCUT2D eigenvalue weighted by molar-refractivity contribution is -0.142. The summed E-state index contributed by atoms with van der Waals surface area (Å²) in [4.78, 5) is 17.2. The fourth-order valence-electron chi connectivity index (χ4n) is 4.18. The number of hydrogen-bond donors (Lipinski definition) is 0. The van der Waals surface area contributed by atoms with Gasteiger partial charge in [0, 0.05) is 43.7 Å². The van der Waals surface area contributed by atoms with Crippen molar-refractivity contribution in [2.45, 2.75) is 46.2 Å². The van der Waals surface area contributed by atoms with Crippen LogP contribution in [0.25, 0.3) is 0 Å². The molecule has 2 aliphatic heterocycles. The maximum absolute atomic E-state index is 12.9. The van der Waals surface area contributed by atoms with Crippen molar-refractivity contribution in [3.8, 4) is 11.5 Å². The molecule has 0 bridgehead atoms. The molecule has 1 saturated heterocycles. The van der Waals surface area contributed by atoms with Gasteiger partial charge in [0.05, 0.1) is 20.3 Å². The molecule has 0 N–H and O–H groups in total. The standard InChI is InChI=1S/C19H28N2O3/c1-6-7-20-8-9-21-11-15-14(10-16(21)19(20)22)17(23-4)12(2)13(3)18(15)24-5/h16H,6-11H2,1-5H3. The molecule has 132 valence electrons. The number of methoxy groups -OCH3 is 2. The van der Waals surface area contributed by atoms with Crippen molar-refractivity contribution in [3.05, 3.63) is 22.3 Å². The van der Waals surface area contributed by atoms with E-state index in [4.69, 9.17) is 9.47 Å². The van der Waals surface area contributed by atoms with Gasteiger partial charge in [-0.15, -0.1) is 0 Å². The summed E-state index contributed by atoms with van der Waals surface area (Å²) >= 11 is 0. The highest BCUT2D eigenvalue weighted by atomic mass is 16.5. The third kappa shape index (κ3) is 2.55. The molecule has 0 aliphatic carbocycles. The van der Waals surface area contributed by atoms with E-state index in [9.17, 15) is 4.79 Å². The van der Waals surface area contributed by atoms with E-state index in [1.54, 1.807) is 14.2 Å². The molecule has 0 saturated carbocycles. The lowest BCUT2D eigenvalue weighted by atomic mass is 9.87. The third-order valence-electron chi connectivity index (χ3n) is 5.51. The number of fused-ring (bicyclic) bond motifs is 2. The summed E-state index contributed by atoms with van der Waals surface area (Å²) in [5, 5.41) is 0. The Balaban J connectivity index is 2.04. The van der Waals surface area contributed by atoms with Crippen molar-refractivity contribution >= 4 is 5.91 Å². The second kappa shape index (κ2) is 6.63.